The third-order valence-electron chi connectivity index (χ3n) is 1.81. The largest absolute Gasteiger partial charge is 0.287 e. The van der Waals surface area contributed by atoms with E-state index < -0.39 is 5.91 Å². The van der Waals surface area contributed by atoms with Gasteiger partial charge in [-0.05, 0) is 34.8 Å². The molecule has 0 bridgehead atoms. The summed E-state index contributed by atoms with van der Waals surface area (Å²) in [6.07, 6.45) is 6.03. The fraction of sp³-hybridized carbons (Fsp3) is 0.100. The average molecular weight is 205 g/mol. The van der Waals surface area contributed by atoms with Gasteiger partial charge in [0.2, 0.25) is 5.91 Å². The molecule has 0 radical (unpaired) electrons. The molecule has 76 valence electrons. The van der Waals surface area contributed by atoms with E-state index in [0.29, 0.717) is 12.0 Å². The molecule has 4 nitrogen and oxygen atoms in total. The Balaban J connectivity index is 2.87. The summed E-state index contributed by atoms with van der Waals surface area (Å²) < 4.78 is 12.8. The Morgan fingerprint density at radius 1 is 1.53 bits per heavy atom. The molecule has 0 saturated carbocycles. The van der Waals surface area contributed by atoms with Gasteiger partial charge in [-0.15, -0.1) is 0 Å². The van der Waals surface area contributed by atoms with Crippen LogP contribution in [0.25, 0.3) is 10.4 Å². The van der Waals surface area contributed by atoms with E-state index >= 15 is 0 Å². The lowest BCUT2D eigenvalue weighted by Crippen LogP contribution is -1.98. The Hall–Kier alpha value is -2.13. The maximum Gasteiger partial charge on any atom is 0.249 e. The van der Waals surface area contributed by atoms with Crippen molar-refractivity contribution in [3.05, 3.63) is 58.3 Å². The Morgan fingerprint density at radius 2 is 2.27 bits per heavy atom. The van der Waals surface area contributed by atoms with Crippen LogP contribution in [-0.2, 0) is 4.79 Å². The number of hydrogen-bond acceptors (Lipinski definition) is 1. The van der Waals surface area contributed by atoms with Gasteiger partial charge in [-0.1, -0.05) is 18.7 Å². The van der Waals surface area contributed by atoms with E-state index in [1.807, 2.05) is 0 Å². The van der Waals surface area contributed by atoms with Crippen LogP contribution in [0.2, 0.25) is 0 Å². The molecule has 0 saturated heterocycles. The summed E-state index contributed by atoms with van der Waals surface area (Å²) in [7, 11) is 0. The van der Waals surface area contributed by atoms with Crippen LogP contribution in [0.5, 0.6) is 0 Å². The summed E-state index contributed by atoms with van der Waals surface area (Å²) >= 11 is 0. The molecule has 0 aliphatic heterocycles. The van der Waals surface area contributed by atoms with Gasteiger partial charge in [0, 0.05) is 10.5 Å². The second-order valence-electron chi connectivity index (χ2n) is 2.79. The molecule has 1 aliphatic carbocycles. The van der Waals surface area contributed by atoms with E-state index in [1.54, 1.807) is 6.08 Å². The van der Waals surface area contributed by atoms with Crippen LogP contribution >= 0.6 is 0 Å². The highest BCUT2D eigenvalue weighted by molar-refractivity contribution is 5.98. The van der Waals surface area contributed by atoms with Gasteiger partial charge in [0.15, 0.2) is 0 Å². The lowest BCUT2D eigenvalue weighted by Gasteiger charge is -2.00. The number of allylic oxidation sites excluding steroid dienone is 5. The third kappa shape index (κ3) is 2.93. The molecule has 1 rings (SSSR count). The molecule has 0 heterocycles. The molecule has 1 amide bonds. The highest BCUT2D eigenvalue weighted by Gasteiger charge is 2.09. The number of carbonyl (C=O) groups excluding carboxylic acids is 1. The van der Waals surface area contributed by atoms with Crippen molar-refractivity contribution in [3.8, 4) is 0 Å². The number of carbonyl (C=O) groups is 1. The first-order chi connectivity index (χ1) is 7.15. The summed E-state index contributed by atoms with van der Waals surface area (Å²) in [5.41, 5.74) is 8.60. The summed E-state index contributed by atoms with van der Waals surface area (Å²) in [6.45, 7) is 3.48. The summed E-state index contributed by atoms with van der Waals surface area (Å²) in [5.74, 6) is -1.12. The van der Waals surface area contributed by atoms with Gasteiger partial charge in [-0.25, -0.2) is 4.39 Å². The third-order valence-corrected chi connectivity index (χ3v) is 1.81. The van der Waals surface area contributed by atoms with Crippen molar-refractivity contribution in [2.24, 2.45) is 5.11 Å². The minimum Gasteiger partial charge on any atom is -0.287 e. The second kappa shape index (κ2) is 4.93. The maximum atomic E-state index is 12.8. The van der Waals surface area contributed by atoms with Gasteiger partial charge in [-0.2, -0.15) is 0 Å². The molecular formula is C10H8FN3O. The first-order valence-electron chi connectivity index (χ1n) is 4.17. The predicted molar refractivity (Wildman–Crippen MR) is 54.3 cm³/mol. The molecule has 0 aromatic carbocycles. The van der Waals surface area contributed by atoms with E-state index in [9.17, 15) is 9.18 Å². The second-order valence-corrected chi connectivity index (χ2v) is 2.79. The summed E-state index contributed by atoms with van der Waals surface area (Å²) in [5, 5.41) is 2.91. The SMILES string of the molecule is C=C(C(=O)N=[N+]=[N-])C1=CCC=C(F)C=C1. The van der Waals surface area contributed by atoms with Crippen molar-refractivity contribution in [1.29, 1.82) is 0 Å². The van der Waals surface area contributed by atoms with Crippen molar-refractivity contribution in [2.45, 2.75) is 6.42 Å². The van der Waals surface area contributed by atoms with Gasteiger partial charge in [0.1, 0.15) is 5.83 Å². The fourth-order valence-corrected chi connectivity index (χ4v) is 1.05. The van der Waals surface area contributed by atoms with Gasteiger partial charge < -0.3 is 0 Å². The van der Waals surface area contributed by atoms with Crippen LogP contribution in [0, 0.1) is 0 Å². The van der Waals surface area contributed by atoms with Crippen molar-refractivity contribution in [2.75, 3.05) is 0 Å². The molecule has 0 fully saturated rings. The maximum absolute atomic E-state index is 12.8. The van der Waals surface area contributed by atoms with Crippen LogP contribution in [-0.4, -0.2) is 5.91 Å². The number of halogens is 1. The van der Waals surface area contributed by atoms with Gasteiger partial charge >= 0.3 is 0 Å². The quantitative estimate of drug-likeness (QED) is 0.295. The smallest absolute Gasteiger partial charge is 0.249 e. The van der Waals surface area contributed by atoms with Crippen LogP contribution in [0.1, 0.15) is 6.42 Å². The Kier molecular flexibility index (Phi) is 3.60. The van der Waals surface area contributed by atoms with Crippen molar-refractivity contribution in [3.63, 3.8) is 0 Å². The molecular weight excluding hydrogens is 197 g/mol. The van der Waals surface area contributed by atoms with Crippen molar-refractivity contribution in [1.82, 2.24) is 0 Å². The number of amides is 1. The molecule has 0 N–H and O–H groups in total. The number of nitrogens with zero attached hydrogens (tertiary/aromatic N) is 3. The number of rotatable bonds is 2. The minimum atomic E-state index is -0.754. The lowest BCUT2D eigenvalue weighted by molar-refractivity contribution is -0.114. The molecule has 0 aromatic heterocycles. The van der Waals surface area contributed by atoms with Gasteiger partial charge in [0.25, 0.3) is 0 Å². The summed E-state index contributed by atoms with van der Waals surface area (Å²) in [6, 6.07) is 0. The van der Waals surface area contributed by atoms with E-state index in [4.69, 9.17) is 5.53 Å². The molecule has 0 spiro atoms. The molecule has 1 aliphatic rings. The zero-order chi connectivity index (χ0) is 11.3. The lowest BCUT2D eigenvalue weighted by atomic mass is 10.1. The van der Waals surface area contributed by atoms with Crippen LogP contribution in [0.15, 0.2) is 53.0 Å². The van der Waals surface area contributed by atoms with Crippen LogP contribution in [0.4, 0.5) is 4.39 Å². The molecule has 0 aromatic rings. The van der Waals surface area contributed by atoms with Gasteiger partial charge in [0.05, 0.1) is 0 Å². The Morgan fingerprint density at radius 3 is 2.93 bits per heavy atom. The topological polar surface area (TPSA) is 65.8 Å². The minimum absolute atomic E-state index is 0.0622. The highest BCUT2D eigenvalue weighted by atomic mass is 19.1. The van der Waals surface area contributed by atoms with E-state index in [0.717, 1.165) is 0 Å². The predicted octanol–water partition coefficient (Wildman–Crippen LogP) is 3.12. The molecule has 15 heavy (non-hydrogen) atoms. The van der Waals surface area contributed by atoms with Crippen molar-refractivity contribution >= 4 is 5.91 Å². The summed E-state index contributed by atoms with van der Waals surface area (Å²) in [4.78, 5) is 13.5. The zero-order valence-electron chi connectivity index (χ0n) is 7.85. The first-order valence-corrected chi connectivity index (χ1v) is 4.17. The number of hydrogen-bond donors (Lipinski definition) is 0. The van der Waals surface area contributed by atoms with Crippen molar-refractivity contribution < 1.29 is 9.18 Å². The van der Waals surface area contributed by atoms with E-state index in [2.05, 4.69) is 16.6 Å². The molecule has 5 heteroatoms. The zero-order valence-corrected chi connectivity index (χ0v) is 7.85. The monoisotopic (exact) mass is 205 g/mol. The fourth-order valence-electron chi connectivity index (χ4n) is 1.05. The van der Waals surface area contributed by atoms with Gasteiger partial charge in [-0.3, -0.25) is 4.79 Å². The van der Waals surface area contributed by atoms with Crippen LogP contribution < -0.4 is 0 Å². The number of azide groups is 1. The first kappa shape index (κ1) is 10.9. The normalized spacial score (nSPS) is 14.5. The van der Waals surface area contributed by atoms with E-state index in [-0.39, 0.29) is 11.4 Å². The van der Waals surface area contributed by atoms with E-state index in [1.165, 1.54) is 18.2 Å². The molecule has 0 atom stereocenters. The molecule has 0 unspecified atom stereocenters. The Bertz CT molecular complexity index is 440. The van der Waals surface area contributed by atoms with Crippen LogP contribution in [0.3, 0.4) is 0 Å². The Labute approximate surface area is 85.7 Å². The standard InChI is InChI=1S/C10H8FN3O/c1-7(10(15)13-14-12)8-3-2-4-9(11)6-5-8/h3-6H,1-2H2. The average Bonchev–Trinajstić information content (AvgIpc) is 2.42. The highest BCUT2D eigenvalue weighted by Crippen LogP contribution is 2.17.